The zero-order valence-electron chi connectivity index (χ0n) is 11.2. The highest BCUT2D eigenvalue weighted by atomic mass is 19.1. The van der Waals surface area contributed by atoms with E-state index in [0.717, 1.165) is 25.0 Å². The van der Waals surface area contributed by atoms with Crippen molar-refractivity contribution in [3.05, 3.63) is 35.4 Å². The molecule has 1 N–H and O–H groups in total. The Kier molecular flexibility index (Phi) is 6.22. The summed E-state index contributed by atoms with van der Waals surface area (Å²) >= 11 is 0. The number of methoxy groups -OCH3 is 1. The largest absolute Gasteiger partial charge is 0.383 e. The summed E-state index contributed by atoms with van der Waals surface area (Å²) in [4.78, 5) is 0. The topological polar surface area (TPSA) is 21.3 Å². The van der Waals surface area contributed by atoms with Crippen molar-refractivity contribution in [2.75, 3.05) is 13.7 Å². The zero-order valence-corrected chi connectivity index (χ0v) is 11.2. The highest BCUT2D eigenvalue weighted by Gasteiger charge is 2.16. The van der Waals surface area contributed by atoms with E-state index in [-0.39, 0.29) is 17.9 Å². The predicted molar refractivity (Wildman–Crippen MR) is 68.5 cm³/mol. The Morgan fingerprint density at radius 1 is 1.33 bits per heavy atom. The highest BCUT2D eigenvalue weighted by molar-refractivity contribution is 5.21. The first-order valence-corrected chi connectivity index (χ1v) is 6.28. The summed E-state index contributed by atoms with van der Waals surface area (Å²) in [5.41, 5.74) is 0.354. The molecule has 0 heterocycles. The van der Waals surface area contributed by atoms with Crippen molar-refractivity contribution in [3.8, 4) is 0 Å². The molecule has 0 spiro atoms. The first-order chi connectivity index (χ1) is 8.58. The summed E-state index contributed by atoms with van der Waals surface area (Å²) in [7, 11) is 1.64. The molecule has 2 unspecified atom stereocenters. The van der Waals surface area contributed by atoms with Gasteiger partial charge in [0.2, 0.25) is 0 Å². The van der Waals surface area contributed by atoms with Crippen LogP contribution < -0.4 is 5.32 Å². The summed E-state index contributed by atoms with van der Waals surface area (Å²) < 4.78 is 31.8. The fourth-order valence-electron chi connectivity index (χ4n) is 2.05. The maximum Gasteiger partial charge on any atom is 0.128 e. The maximum atomic E-state index is 13.6. The normalized spacial score (nSPS) is 14.5. The Balaban J connectivity index is 2.73. The lowest BCUT2D eigenvalue weighted by Gasteiger charge is -2.23. The van der Waals surface area contributed by atoms with E-state index in [2.05, 4.69) is 12.2 Å². The van der Waals surface area contributed by atoms with Crippen LogP contribution in [0.5, 0.6) is 0 Å². The van der Waals surface area contributed by atoms with E-state index in [9.17, 15) is 8.78 Å². The van der Waals surface area contributed by atoms with Crippen LogP contribution in [0.3, 0.4) is 0 Å². The van der Waals surface area contributed by atoms with Crippen LogP contribution in [-0.4, -0.2) is 19.8 Å². The molecule has 0 aromatic heterocycles. The van der Waals surface area contributed by atoms with Crippen molar-refractivity contribution < 1.29 is 13.5 Å². The quantitative estimate of drug-likeness (QED) is 0.808. The minimum absolute atomic E-state index is 0.151. The second-order valence-electron chi connectivity index (χ2n) is 4.50. The Morgan fingerprint density at radius 2 is 2.06 bits per heavy atom. The van der Waals surface area contributed by atoms with E-state index in [1.165, 1.54) is 6.07 Å². The van der Waals surface area contributed by atoms with Gasteiger partial charge in [0.15, 0.2) is 0 Å². The Bertz CT molecular complexity index is 365. The molecule has 4 heteroatoms. The van der Waals surface area contributed by atoms with E-state index in [1.807, 2.05) is 6.92 Å². The molecule has 0 radical (unpaired) electrons. The van der Waals surface area contributed by atoms with Gasteiger partial charge in [-0.2, -0.15) is 0 Å². The Labute approximate surface area is 107 Å². The van der Waals surface area contributed by atoms with Crippen LogP contribution in [0.1, 0.15) is 38.3 Å². The molecular weight excluding hydrogens is 236 g/mol. The number of benzene rings is 1. The van der Waals surface area contributed by atoms with E-state index < -0.39 is 5.82 Å². The van der Waals surface area contributed by atoms with Gasteiger partial charge in [-0.25, -0.2) is 8.78 Å². The standard InChI is InChI=1S/C14H21F2NO/c1-4-5-12(9-18-3)17-10(2)13-8-11(15)6-7-14(13)16/h6-8,10,12,17H,4-5,9H2,1-3H3. The van der Waals surface area contributed by atoms with Crippen molar-refractivity contribution in [2.45, 2.75) is 38.8 Å². The number of rotatable bonds is 7. The van der Waals surface area contributed by atoms with Gasteiger partial charge < -0.3 is 10.1 Å². The predicted octanol–water partition coefficient (Wildman–Crippen LogP) is 3.43. The van der Waals surface area contributed by atoms with Crippen molar-refractivity contribution in [1.29, 1.82) is 0 Å². The smallest absolute Gasteiger partial charge is 0.128 e. The van der Waals surface area contributed by atoms with Crippen LogP contribution in [-0.2, 0) is 4.74 Å². The third-order valence-corrected chi connectivity index (χ3v) is 2.92. The monoisotopic (exact) mass is 257 g/mol. The molecule has 2 atom stereocenters. The molecule has 0 amide bonds. The number of halogens is 2. The van der Waals surface area contributed by atoms with Crippen molar-refractivity contribution in [3.63, 3.8) is 0 Å². The minimum Gasteiger partial charge on any atom is -0.383 e. The van der Waals surface area contributed by atoms with Crippen LogP contribution >= 0.6 is 0 Å². The molecule has 0 aliphatic carbocycles. The Hall–Kier alpha value is -1.00. The molecule has 0 saturated carbocycles. The maximum absolute atomic E-state index is 13.6. The lowest BCUT2D eigenvalue weighted by atomic mass is 10.1. The molecule has 0 fully saturated rings. The lowest BCUT2D eigenvalue weighted by Crippen LogP contribution is -2.35. The number of hydrogen-bond donors (Lipinski definition) is 1. The van der Waals surface area contributed by atoms with Crippen LogP contribution in [0.2, 0.25) is 0 Å². The van der Waals surface area contributed by atoms with E-state index in [4.69, 9.17) is 4.74 Å². The van der Waals surface area contributed by atoms with Crippen molar-refractivity contribution >= 4 is 0 Å². The first kappa shape index (κ1) is 15.1. The molecule has 1 aromatic rings. The van der Waals surface area contributed by atoms with Crippen LogP contribution in [0, 0.1) is 11.6 Å². The third kappa shape index (κ3) is 4.35. The molecule has 102 valence electrons. The van der Waals surface area contributed by atoms with Gasteiger partial charge in [-0.05, 0) is 31.5 Å². The lowest BCUT2D eigenvalue weighted by molar-refractivity contribution is 0.156. The summed E-state index contributed by atoms with van der Waals surface area (Å²) in [6.45, 7) is 4.48. The minimum atomic E-state index is -0.418. The fraction of sp³-hybridized carbons (Fsp3) is 0.571. The highest BCUT2D eigenvalue weighted by Crippen LogP contribution is 2.19. The molecule has 0 saturated heterocycles. The average molecular weight is 257 g/mol. The van der Waals surface area contributed by atoms with Crippen molar-refractivity contribution in [2.24, 2.45) is 0 Å². The van der Waals surface area contributed by atoms with Gasteiger partial charge in [-0.1, -0.05) is 13.3 Å². The molecular formula is C14H21F2NO. The third-order valence-electron chi connectivity index (χ3n) is 2.92. The van der Waals surface area contributed by atoms with Crippen molar-refractivity contribution in [1.82, 2.24) is 5.32 Å². The van der Waals surface area contributed by atoms with Crippen LogP contribution in [0.15, 0.2) is 18.2 Å². The average Bonchev–Trinajstić information content (AvgIpc) is 2.33. The number of nitrogens with one attached hydrogen (secondary N) is 1. The van der Waals surface area contributed by atoms with Gasteiger partial charge in [-0.15, -0.1) is 0 Å². The summed E-state index contributed by atoms with van der Waals surface area (Å²) in [6.07, 6.45) is 1.95. The second kappa shape index (κ2) is 7.44. The molecule has 0 bridgehead atoms. The van der Waals surface area contributed by atoms with Gasteiger partial charge in [0.05, 0.1) is 6.61 Å². The first-order valence-electron chi connectivity index (χ1n) is 6.28. The van der Waals surface area contributed by atoms with Crippen LogP contribution in [0.25, 0.3) is 0 Å². The van der Waals surface area contributed by atoms with E-state index >= 15 is 0 Å². The van der Waals surface area contributed by atoms with E-state index in [1.54, 1.807) is 7.11 Å². The summed E-state index contributed by atoms with van der Waals surface area (Å²) in [5.74, 6) is -0.803. The number of hydrogen-bond acceptors (Lipinski definition) is 2. The molecule has 1 aromatic carbocycles. The summed E-state index contributed by atoms with van der Waals surface area (Å²) in [5, 5.41) is 3.27. The molecule has 0 aliphatic heterocycles. The SMILES string of the molecule is CCCC(COC)NC(C)c1cc(F)ccc1F. The van der Waals surface area contributed by atoms with Gasteiger partial charge in [0.25, 0.3) is 0 Å². The fourth-order valence-corrected chi connectivity index (χ4v) is 2.05. The van der Waals surface area contributed by atoms with Gasteiger partial charge >= 0.3 is 0 Å². The van der Waals surface area contributed by atoms with Crippen LogP contribution in [0.4, 0.5) is 8.78 Å². The molecule has 18 heavy (non-hydrogen) atoms. The van der Waals surface area contributed by atoms with Gasteiger partial charge in [-0.3, -0.25) is 0 Å². The Morgan fingerprint density at radius 3 is 2.67 bits per heavy atom. The van der Waals surface area contributed by atoms with Gasteiger partial charge in [0.1, 0.15) is 11.6 Å². The zero-order chi connectivity index (χ0) is 13.5. The second-order valence-corrected chi connectivity index (χ2v) is 4.50. The molecule has 1 rings (SSSR count). The summed E-state index contributed by atoms with van der Waals surface area (Å²) in [6, 6.07) is 3.44. The van der Waals surface area contributed by atoms with E-state index in [0.29, 0.717) is 12.2 Å². The number of ether oxygens (including phenoxy) is 1. The molecule has 2 nitrogen and oxygen atoms in total. The van der Waals surface area contributed by atoms with Gasteiger partial charge in [0, 0.05) is 24.8 Å². The molecule has 0 aliphatic rings.